The number of hydrogen-bond donors (Lipinski definition) is 0. The number of hydrogen-bond acceptors (Lipinski definition) is 3. The minimum atomic E-state index is -0.261. The van der Waals surface area contributed by atoms with Crippen LogP contribution in [0.5, 0.6) is 0 Å². The Balaban J connectivity index is 1.17. The summed E-state index contributed by atoms with van der Waals surface area (Å²) in [5.74, 6) is 1.70. The molecule has 0 N–H and O–H groups in total. The van der Waals surface area contributed by atoms with E-state index in [9.17, 15) is 0 Å². The summed E-state index contributed by atoms with van der Waals surface area (Å²) in [6.07, 6.45) is 0. The van der Waals surface area contributed by atoms with Gasteiger partial charge in [-0.1, -0.05) is 176 Å². The van der Waals surface area contributed by atoms with Crippen molar-refractivity contribution in [2.45, 2.75) is 55.4 Å². The molecule has 2 aliphatic rings. The molecule has 4 aromatic carbocycles. The summed E-state index contributed by atoms with van der Waals surface area (Å²) in [4.78, 5) is 20.7. The van der Waals surface area contributed by atoms with Crippen LogP contribution in [-0.4, -0.2) is 23.1 Å². The zero-order valence-corrected chi connectivity index (χ0v) is 30.6. The maximum atomic E-state index is 5.20. The number of amidine groups is 2. The van der Waals surface area contributed by atoms with E-state index in [0.29, 0.717) is 0 Å². The fraction of sp³-hybridized carbons (Fsp3) is 0.273. The van der Waals surface area contributed by atoms with Gasteiger partial charge < -0.3 is 0 Å². The number of aliphatic imine (C=N–C) groups is 4. The minimum absolute atomic E-state index is 0.204. The van der Waals surface area contributed by atoms with Gasteiger partial charge in [-0.2, -0.15) is 0 Å². The lowest BCUT2D eigenvalue weighted by atomic mass is 9.65. The van der Waals surface area contributed by atoms with Crippen molar-refractivity contribution in [1.29, 1.82) is 0 Å². The third-order valence-electron chi connectivity index (χ3n) is 11.4. The average Bonchev–Trinajstić information content (AvgIpc) is 3.67. The monoisotopic (exact) mass is 660 g/mol. The molecule has 5 aromatic rings. The van der Waals surface area contributed by atoms with Crippen molar-refractivity contribution < 1.29 is 0 Å². The summed E-state index contributed by atoms with van der Waals surface area (Å²) in [5.41, 5.74) is 8.31. The standard InChI is InChI=1S/C44H44N4S/c1-41(2)37(33-23-19-31(20-24-33)29-15-11-9-12-16-29)47-39(43(41,5)6)45-35-27-28-36(49-35)46-40-44(7,8)42(3,4)38(48-40)34-25-21-32(22-26-34)30-17-13-10-14-18-30/h9-28H,1-8H3/b45-39-,46-40-. The Bertz CT molecular complexity index is 1970. The van der Waals surface area contributed by atoms with Crippen LogP contribution < -0.4 is 0 Å². The highest BCUT2D eigenvalue weighted by molar-refractivity contribution is 7.19. The van der Waals surface area contributed by atoms with Gasteiger partial charge in [-0.05, 0) is 45.5 Å². The van der Waals surface area contributed by atoms with Crippen LogP contribution in [0.15, 0.2) is 141 Å². The molecule has 0 amide bonds. The molecule has 246 valence electrons. The quantitative estimate of drug-likeness (QED) is 0.174. The molecule has 5 heteroatoms. The van der Waals surface area contributed by atoms with Gasteiger partial charge in [0.2, 0.25) is 0 Å². The highest BCUT2D eigenvalue weighted by Crippen LogP contribution is 2.51. The van der Waals surface area contributed by atoms with Crippen LogP contribution in [0.4, 0.5) is 10.0 Å². The van der Waals surface area contributed by atoms with Crippen LogP contribution in [0.2, 0.25) is 0 Å². The number of nitrogens with zero attached hydrogens (tertiary/aromatic N) is 4. The van der Waals surface area contributed by atoms with E-state index in [-0.39, 0.29) is 21.7 Å². The van der Waals surface area contributed by atoms with Crippen molar-refractivity contribution in [3.05, 3.63) is 132 Å². The fourth-order valence-corrected chi connectivity index (χ4v) is 7.40. The fourth-order valence-electron chi connectivity index (χ4n) is 6.65. The van der Waals surface area contributed by atoms with Gasteiger partial charge in [0.1, 0.15) is 21.7 Å². The maximum Gasteiger partial charge on any atom is 0.136 e. The average molecular weight is 661 g/mol. The van der Waals surface area contributed by atoms with Crippen LogP contribution in [0, 0.1) is 21.7 Å². The third kappa shape index (κ3) is 5.64. The van der Waals surface area contributed by atoms with E-state index < -0.39 is 0 Å². The van der Waals surface area contributed by atoms with Gasteiger partial charge in [0.05, 0.1) is 11.4 Å². The van der Waals surface area contributed by atoms with Gasteiger partial charge in [-0.15, -0.1) is 0 Å². The third-order valence-corrected chi connectivity index (χ3v) is 12.3. The van der Waals surface area contributed by atoms with E-state index in [1.165, 1.54) is 22.3 Å². The summed E-state index contributed by atoms with van der Waals surface area (Å²) in [5, 5.41) is 1.80. The molecule has 49 heavy (non-hydrogen) atoms. The second kappa shape index (κ2) is 12.0. The molecule has 0 fully saturated rings. The van der Waals surface area contributed by atoms with Crippen molar-refractivity contribution >= 4 is 44.4 Å². The molecule has 0 saturated carbocycles. The number of benzene rings is 4. The SMILES string of the molecule is CC1(C)C(c2ccc(-c3ccccc3)cc2)=N/C(=N\c2ccc(/N=C3\N=C(c4ccc(-c5ccccc5)cc4)C(C)(C)C3(C)C)s2)C1(C)C. The van der Waals surface area contributed by atoms with Crippen LogP contribution >= 0.6 is 11.3 Å². The zero-order valence-electron chi connectivity index (χ0n) is 29.7. The Morgan fingerprint density at radius 2 is 0.673 bits per heavy atom. The lowest BCUT2D eigenvalue weighted by Gasteiger charge is -2.35. The molecular formula is C44H44N4S. The molecular weight excluding hydrogens is 617 g/mol. The van der Waals surface area contributed by atoms with Gasteiger partial charge >= 0.3 is 0 Å². The summed E-state index contributed by atoms with van der Waals surface area (Å²) in [6, 6.07) is 42.6. The first-order valence-electron chi connectivity index (χ1n) is 17.1. The molecule has 0 aliphatic carbocycles. The minimum Gasteiger partial charge on any atom is -0.236 e. The smallest absolute Gasteiger partial charge is 0.136 e. The van der Waals surface area contributed by atoms with Crippen LogP contribution in [-0.2, 0) is 0 Å². The van der Waals surface area contributed by atoms with Crippen molar-refractivity contribution in [3.8, 4) is 22.3 Å². The van der Waals surface area contributed by atoms with E-state index in [2.05, 4.69) is 165 Å². The van der Waals surface area contributed by atoms with Crippen molar-refractivity contribution in [3.63, 3.8) is 0 Å². The Hall–Kier alpha value is -4.74. The van der Waals surface area contributed by atoms with Crippen LogP contribution in [0.1, 0.15) is 66.5 Å². The van der Waals surface area contributed by atoms with E-state index in [1.807, 2.05) is 12.1 Å². The van der Waals surface area contributed by atoms with Crippen LogP contribution in [0.3, 0.4) is 0 Å². The van der Waals surface area contributed by atoms with E-state index >= 15 is 0 Å². The van der Waals surface area contributed by atoms with Crippen molar-refractivity contribution in [1.82, 2.24) is 0 Å². The summed E-state index contributed by atoms with van der Waals surface area (Å²) in [6.45, 7) is 18.1. The predicted octanol–water partition coefficient (Wildman–Crippen LogP) is 12.3. The second-order valence-electron chi connectivity index (χ2n) is 15.3. The summed E-state index contributed by atoms with van der Waals surface area (Å²) < 4.78 is 0. The molecule has 0 radical (unpaired) electrons. The molecule has 0 bridgehead atoms. The molecule has 0 unspecified atom stereocenters. The van der Waals surface area contributed by atoms with Crippen molar-refractivity contribution in [2.75, 3.05) is 0 Å². The first kappa shape index (κ1) is 32.8. The van der Waals surface area contributed by atoms with Crippen LogP contribution in [0.25, 0.3) is 22.3 Å². The topological polar surface area (TPSA) is 49.4 Å². The largest absolute Gasteiger partial charge is 0.236 e. The molecule has 1 aromatic heterocycles. The molecule has 0 spiro atoms. The zero-order chi connectivity index (χ0) is 34.6. The first-order valence-corrected chi connectivity index (χ1v) is 17.9. The van der Waals surface area contributed by atoms with E-state index in [4.69, 9.17) is 20.0 Å². The molecule has 0 atom stereocenters. The summed E-state index contributed by atoms with van der Waals surface area (Å²) >= 11 is 1.59. The lowest BCUT2D eigenvalue weighted by Crippen LogP contribution is -2.38. The number of thiophene rings is 1. The lowest BCUT2D eigenvalue weighted by molar-refractivity contribution is 0.299. The Morgan fingerprint density at radius 3 is 1.02 bits per heavy atom. The normalized spacial score (nSPS) is 20.4. The Labute approximate surface area is 295 Å². The van der Waals surface area contributed by atoms with E-state index in [0.717, 1.165) is 44.2 Å². The van der Waals surface area contributed by atoms with E-state index in [1.54, 1.807) is 11.3 Å². The second-order valence-corrected chi connectivity index (χ2v) is 16.3. The number of rotatable bonds is 6. The van der Waals surface area contributed by atoms with Gasteiger partial charge in [0.25, 0.3) is 0 Å². The van der Waals surface area contributed by atoms with Crippen molar-refractivity contribution in [2.24, 2.45) is 41.6 Å². The Kier molecular flexibility index (Phi) is 8.03. The summed E-state index contributed by atoms with van der Waals surface area (Å²) in [7, 11) is 0. The molecule has 0 saturated heterocycles. The van der Waals surface area contributed by atoms with Gasteiger partial charge in [0, 0.05) is 21.7 Å². The highest BCUT2D eigenvalue weighted by atomic mass is 32.1. The highest BCUT2D eigenvalue weighted by Gasteiger charge is 2.51. The molecule has 7 rings (SSSR count). The Morgan fingerprint density at radius 1 is 0.367 bits per heavy atom. The van der Waals surface area contributed by atoms with Gasteiger partial charge in [-0.25, -0.2) is 20.0 Å². The molecule has 4 nitrogen and oxygen atoms in total. The van der Waals surface area contributed by atoms with Gasteiger partial charge in [-0.3, -0.25) is 0 Å². The first-order chi connectivity index (χ1) is 23.3. The molecule has 2 aliphatic heterocycles. The van der Waals surface area contributed by atoms with Gasteiger partial charge in [0.15, 0.2) is 0 Å². The predicted molar refractivity (Wildman–Crippen MR) is 210 cm³/mol. The maximum absolute atomic E-state index is 5.20. The molecule has 3 heterocycles.